The third-order valence-electron chi connectivity index (χ3n) is 5.29. The lowest BCUT2D eigenvalue weighted by Gasteiger charge is -2.23. The number of nitrogens with zero attached hydrogens (tertiary/aromatic N) is 3. The number of nitrogen functional groups attached to an aromatic ring is 1. The molecule has 1 fully saturated rings. The smallest absolute Gasteiger partial charge is 0.149 e. The first-order valence-corrected chi connectivity index (χ1v) is 8.76. The first-order valence-electron chi connectivity index (χ1n) is 8.38. The molecule has 0 bridgehead atoms. The van der Waals surface area contributed by atoms with E-state index in [0.29, 0.717) is 11.7 Å². The average molecular weight is 340 g/mol. The summed E-state index contributed by atoms with van der Waals surface area (Å²) in [6, 6.07) is 6.05. The van der Waals surface area contributed by atoms with Gasteiger partial charge in [0.2, 0.25) is 0 Å². The Morgan fingerprint density at radius 2 is 2.17 bits per heavy atom. The molecule has 3 N–H and O–H groups in total. The van der Waals surface area contributed by atoms with E-state index in [1.54, 1.807) is 6.20 Å². The van der Waals surface area contributed by atoms with Crippen molar-refractivity contribution < 1.29 is 0 Å². The van der Waals surface area contributed by atoms with E-state index < -0.39 is 0 Å². The van der Waals surface area contributed by atoms with Crippen molar-refractivity contribution in [3.63, 3.8) is 0 Å². The number of hydrogen-bond acceptors (Lipinski definition) is 4. The first-order chi connectivity index (χ1) is 11.7. The molecule has 1 saturated carbocycles. The van der Waals surface area contributed by atoms with Gasteiger partial charge in [-0.1, -0.05) is 24.1 Å². The number of benzene rings is 1. The highest BCUT2D eigenvalue weighted by Crippen LogP contribution is 2.42. The summed E-state index contributed by atoms with van der Waals surface area (Å²) in [6.45, 7) is 0. The largest absolute Gasteiger partial charge is 0.382 e. The van der Waals surface area contributed by atoms with Crippen LogP contribution in [-0.4, -0.2) is 14.4 Å². The maximum atomic E-state index is 6.36. The van der Waals surface area contributed by atoms with Gasteiger partial charge in [0.25, 0.3) is 0 Å². The fourth-order valence-electron chi connectivity index (χ4n) is 3.82. The second-order valence-corrected chi connectivity index (χ2v) is 7.09. The van der Waals surface area contributed by atoms with Gasteiger partial charge in [-0.3, -0.25) is 4.40 Å². The SMILES string of the molecule is Nc1nccn2c(C3CCC3)nc(C3Cc4c(Cl)cccc4N3)c12. The van der Waals surface area contributed by atoms with Gasteiger partial charge in [0, 0.05) is 35.4 Å². The highest BCUT2D eigenvalue weighted by molar-refractivity contribution is 6.31. The maximum absolute atomic E-state index is 6.36. The zero-order valence-corrected chi connectivity index (χ0v) is 13.9. The minimum Gasteiger partial charge on any atom is -0.382 e. The summed E-state index contributed by atoms with van der Waals surface area (Å²) in [5.74, 6) is 2.18. The van der Waals surface area contributed by atoms with Crippen molar-refractivity contribution in [1.29, 1.82) is 0 Å². The van der Waals surface area contributed by atoms with Gasteiger partial charge >= 0.3 is 0 Å². The Bertz CT molecular complexity index is 944. The fourth-order valence-corrected chi connectivity index (χ4v) is 4.07. The first kappa shape index (κ1) is 14.1. The van der Waals surface area contributed by atoms with Crippen molar-refractivity contribution in [3.8, 4) is 0 Å². The molecule has 0 saturated heterocycles. The predicted molar refractivity (Wildman–Crippen MR) is 95.5 cm³/mol. The van der Waals surface area contributed by atoms with Gasteiger partial charge in [-0.05, 0) is 30.5 Å². The van der Waals surface area contributed by atoms with Crippen LogP contribution in [0.4, 0.5) is 11.5 Å². The number of nitrogens with one attached hydrogen (secondary N) is 1. The third kappa shape index (κ3) is 1.94. The lowest BCUT2D eigenvalue weighted by atomic mass is 9.85. The van der Waals surface area contributed by atoms with E-state index in [1.165, 1.54) is 19.3 Å². The van der Waals surface area contributed by atoms with Crippen molar-refractivity contribution >= 4 is 28.6 Å². The molecule has 5 nitrogen and oxygen atoms in total. The molecule has 1 aliphatic heterocycles. The Morgan fingerprint density at radius 1 is 1.29 bits per heavy atom. The van der Waals surface area contributed by atoms with Crippen molar-refractivity contribution in [2.75, 3.05) is 11.1 Å². The summed E-state index contributed by atoms with van der Waals surface area (Å²) in [7, 11) is 0. The average Bonchev–Trinajstić information content (AvgIpc) is 3.09. The monoisotopic (exact) mass is 339 g/mol. The van der Waals surface area contributed by atoms with E-state index >= 15 is 0 Å². The van der Waals surface area contributed by atoms with Crippen molar-refractivity contribution in [2.24, 2.45) is 0 Å². The highest BCUT2D eigenvalue weighted by Gasteiger charge is 2.32. The second-order valence-electron chi connectivity index (χ2n) is 6.68. The summed E-state index contributed by atoms with van der Waals surface area (Å²) in [5.41, 5.74) is 10.4. The van der Waals surface area contributed by atoms with Crippen LogP contribution in [0.3, 0.4) is 0 Å². The van der Waals surface area contributed by atoms with Crippen LogP contribution in [0.25, 0.3) is 5.52 Å². The van der Waals surface area contributed by atoms with Crippen molar-refractivity contribution in [2.45, 2.75) is 37.6 Å². The minimum absolute atomic E-state index is 0.0789. The molecule has 1 atom stereocenters. The quantitative estimate of drug-likeness (QED) is 0.742. The zero-order valence-electron chi connectivity index (χ0n) is 13.2. The molecular formula is C18H18ClN5. The standard InChI is InChI=1S/C18H18ClN5/c19-12-5-2-6-13-11(12)9-14(22-13)15-16-17(20)21-7-8-24(16)18(23-15)10-3-1-4-10/h2,5-8,10,14,22H,1,3-4,9H2,(H2,20,21). The van der Waals surface area contributed by atoms with Gasteiger partial charge < -0.3 is 11.1 Å². The number of imidazole rings is 1. The topological polar surface area (TPSA) is 68.2 Å². The summed E-state index contributed by atoms with van der Waals surface area (Å²) in [5, 5.41) is 4.36. The Hall–Kier alpha value is -2.27. The van der Waals surface area contributed by atoms with Crippen molar-refractivity contribution in [1.82, 2.24) is 14.4 Å². The molecule has 0 radical (unpaired) electrons. The van der Waals surface area contributed by atoms with E-state index in [1.807, 2.05) is 18.3 Å². The van der Waals surface area contributed by atoms with E-state index in [4.69, 9.17) is 22.3 Å². The molecule has 1 aromatic carbocycles. The highest BCUT2D eigenvalue weighted by atomic mass is 35.5. The molecule has 2 aromatic heterocycles. The summed E-state index contributed by atoms with van der Waals surface area (Å²) >= 11 is 6.36. The molecule has 122 valence electrons. The lowest BCUT2D eigenvalue weighted by Crippen LogP contribution is -2.13. The number of nitrogens with two attached hydrogens (primary N) is 1. The van der Waals surface area contributed by atoms with Gasteiger partial charge in [0.15, 0.2) is 0 Å². The normalized spacial score (nSPS) is 20.0. The van der Waals surface area contributed by atoms with Crippen LogP contribution in [0.1, 0.15) is 48.3 Å². The van der Waals surface area contributed by atoms with Crippen LogP contribution < -0.4 is 11.1 Å². The summed E-state index contributed by atoms with van der Waals surface area (Å²) in [4.78, 5) is 9.29. The van der Waals surface area contributed by atoms with Gasteiger partial charge in [0.05, 0.1) is 11.7 Å². The number of anilines is 2. The van der Waals surface area contributed by atoms with Gasteiger partial charge in [0.1, 0.15) is 17.2 Å². The molecule has 6 heteroatoms. The van der Waals surface area contributed by atoms with E-state index in [0.717, 1.165) is 39.7 Å². The van der Waals surface area contributed by atoms with E-state index in [9.17, 15) is 0 Å². The Morgan fingerprint density at radius 3 is 2.92 bits per heavy atom. The zero-order chi connectivity index (χ0) is 16.3. The minimum atomic E-state index is 0.0789. The number of hydrogen-bond donors (Lipinski definition) is 2. The Labute approximate surface area is 144 Å². The fraction of sp³-hybridized carbons (Fsp3) is 0.333. The Balaban J connectivity index is 1.64. The molecular weight excluding hydrogens is 322 g/mol. The third-order valence-corrected chi connectivity index (χ3v) is 5.65. The van der Waals surface area contributed by atoms with E-state index in [-0.39, 0.29) is 6.04 Å². The Kier molecular flexibility index (Phi) is 3.00. The number of fused-ring (bicyclic) bond motifs is 2. The molecule has 3 aromatic rings. The molecule has 1 aliphatic carbocycles. The molecule has 5 rings (SSSR count). The van der Waals surface area contributed by atoms with Gasteiger partial charge in [-0.2, -0.15) is 0 Å². The molecule has 3 heterocycles. The summed E-state index contributed by atoms with van der Waals surface area (Å²) < 4.78 is 2.13. The van der Waals surface area contributed by atoms with Crippen LogP contribution in [0.15, 0.2) is 30.6 Å². The number of aromatic nitrogens is 3. The van der Waals surface area contributed by atoms with Crippen LogP contribution in [0.5, 0.6) is 0 Å². The predicted octanol–water partition coefficient (Wildman–Crippen LogP) is 3.94. The van der Waals surface area contributed by atoms with Crippen molar-refractivity contribution in [3.05, 3.63) is 52.7 Å². The maximum Gasteiger partial charge on any atom is 0.149 e. The number of rotatable bonds is 2. The molecule has 2 aliphatic rings. The van der Waals surface area contributed by atoms with Crippen LogP contribution in [-0.2, 0) is 6.42 Å². The second kappa shape index (κ2) is 5.11. The molecule has 24 heavy (non-hydrogen) atoms. The molecule has 0 amide bonds. The lowest BCUT2D eigenvalue weighted by molar-refractivity contribution is 0.399. The summed E-state index contributed by atoms with van der Waals surface area (Å²) in [6.07, 6.45) is 8.22. The van der Waals surface area contributed by atoms with Gasteiger partial charge in [-0.15, -0.1) is 0 Å². The number of halogens is 1. The van der Waals surface area contributed by atoms with Crippen LogP contribution in [0, 0.1) is 0 Å². The van der Waals surface area contributed by atoms with E-state index in [2.05, 4.69) is 20.8 Å². The van der Waals surface area contributed by atoms with Crippen LogP contribution >= 0.6 is 11.6 Å². The molecule has 1 unspecified atom stereocenters. The van der Waals surface area contributed by atoms with Crippen LogP contribution in [0.2, 0.25) is 5.02 Å². The molecule has 0 spiro atoms. The van der Waals surface area contributed by atoms with Gasteiger partial charge in [-0.25, -0.2) is 9.97 Å².